The molecule has 18 heavy (non-hydrogen) atoms. The number of pyridine rings is 1. The summed E-state index contributed by atoms with van der Waals surface area (Å²) in [6.07, 6.45) is 1.76. The van der Waals surface area contributed by atoms with E-state index < -0.39 is 11.5 Å². The summed E-state index contributed by atoms with van der Waals surface area (Å²) in [7, 11) is 0. The average molecular weight is 247 g/mol. The second-order valence-corrected chi connectivity index (χ2v) is 4.92. The molecule has 0 N–H and O–H groups in total. The second-order valence-electron chi connectivity index (χ2n) is 4.92. The van der Waals surface area contributed by atoms with Crippen LogP contribution in [-0.4, -0.2) is 27.4 Å². The zero-order valence-corrected chi connectivity index (χ0v) is 10.4. The standard InChI is InChI=1S/C13H14FN3O/c1-13(2,8-15)17(9-6-7-9)12(18)10-4-3-5-11(14)16-10/h3-5,9H,6-7H2,1-2H3. The number of rotatable bonds is 3. The lowest BCUT2D eigenvalue weighted by atomic mass is 10.0. The Morgan fingerprint density at radius 3 is 2.72 bits per heavy atom. The van der Waals surface area contributed by atoms with E-state index in [9.17, 15) is 9.18 Å². The highest BCUT2D eigenvalue weighted by Gasteiger charge is 2.42. The molecule has 1 fully saturated rings. The molecule has 1 aliphatic carbocycles. The van der Waals surface area contributed by atoms with Gasteiger partial charge in [-0.25, -0.2) is 4.98 Å². The molecule has 0 aliphatic heterocycles. The van der Waals surface area contributed by atoms with E-state index in [0.29, 0.717) is 0 Å². The third-order valence-corrected chi connectivity index (χ3v) is 2.94. The van der Waals surface area contributed by atoms with Crippen LogP contribution in [0.3, 0.4) is 0 Å². The molecular formula is C13H14FN3O. The maximum absolute atomic E-state index is 13.0. The smallest absolute Gasteiger partial charge is 0.274 e. The summed E-state index contributed by atoms with van der Waals surface area (Å²) in [6, 6.07) is 6.28. The quantitative estimate of drug-likeness (QED) is 0.769. The van der Waals surface area contributed by atoms with Gasteiger partial charge in [-0.05, 0) is 38.8 Å². The van der Waals surface area contributed by atoms with Gasteiger partial charge >= 0.3 is 0 Å². The van der Waals surface area contributed by atoms with E-state index in [1.807, 2.05) is 0 Å². The first-order valence-corrected chi connectivity index (χ1v) is 5.83. The van der Waals surface area contributed by atoms with Crippen LogP contribution < -0.4 is 0 Å². The summed E-state index contributed by atoms with van der Waals surface area (Å²) in [6.45, 7) is 3.37. The number of hydrogen-bond acceptors (Lipinski definition) is 3. The predicted molar refractivity (Wildman–Crippen MR) is 63.1 cm³/mol. The first-order valence-electron chi connectivity index (χ1n) is 5.83. The summed E-state index contributed by atoms with van der Waals surface area (Å²) in [4.78, 5) is 17.4. The van der Waals surface area contributed by atoms with Crippen molar-refractivity contribution in [1.29, 1.82) is 5.26 Å². The van der Waals surface area contributed by atoms with E-state index in [2.05, 4.69) is 11.1 Å². The van der Waals surface area contributed by atoms with Crippen LogP contribution in [0.2, 0.25) is 0 Å². The van der Waals surface area contributed by atoms with E-state index >= 15 is 0 Å². The fraction of sp³-hybridized carbons (Fsp3) is 0.462. The maximum Gasteiger partial charge on any atom is 0.274 e. The van der Waals surface area contributed by atoms with Gasteiger partial charge in [-0.1, -0.05) is 6.07 Å². The molecule has 5 heteroatoms. The van der Waals surface area contributed by atoms with Crippen molar-refractivity contribution in [1.82, 2.24) is 9.88 Å². The third-order valence-electron chi connectivity index (χ3n) is 2.94. The average Bonchev–Trinajstić information content (AvgIpc) is 3.13. The Morgan fingerprint density at radius 1 is 1.56 bits per heavy atom. The molecule has 0 radical (unpaired) electrons. The molecule has 0 aromatic carbocycles. The lowest BCUT2D eigenvalue weighted by molar-refractivity contribution is 0.0607. The van der Waals surface area contributed by atoms with Crippen LogP contribution >= 0.6 is 0 Å². The number of halogens is 1. The van der Waals surface area contributed by atoms with E-state index in [1.165, 1.54) is 23.1 Å². The van der Waals surface area contributed by atoms with Gasteiger partial charge in [-0.2, -0.15) is 9.65 Å². The van der Waals surface area contributed by atoms with E-state index in [4.69, 9.17) is 5.26 Å². The number of carbonyl (C=O) groups is 1. The second kappa shape index (κ2) is 4.37. The van der Waals surface area contributed by atoms with Gasteiger partial charge < -0.3 is 4.90 Å². The molecule has 2 rings (SSSR count). The fourth-order valence-corrected chi connectivity index (χ4v) is 1.91. The van der Waals surface area contributed by atoms with Crippen molar-refractivity contribution < 1.29 is 9.18 Å². The molecule has 1 aliphatic rings. The van der Waals surface area contributed by atoms with Crippen molar-refractivity contribution in [2.24, 2.45) is 0 Å². The first-order chi connectivity index (χ1) is 8.45. The number of aromatic nitrogens is 1. The molecule has 1 heterocycles. The number of nitrogens with zero attached hydrogens (tertiary/aromatic N) is 3. The van der Waals surface area contributed by atoms with Gasteiger partial charge in [0.1, 0.15) is 11.2 Å². The monoisotopic (exact) mass is 247 g/mol. The van der Waals surface area contributed by atoms with Gasteiger partial charge in [0.15, 0.2) is 0 Å². The molecule has 1 aromatic rings. The van der Waals surface area contributed by atoms with E-state index in [1.54, 1.807) is 13.8 Å². The lowest BCUT2D eigenvalue weighted by Gasteiger charge is -2.33. The Hall–Kier alpha value is -1.96. The SMILES string of the molecule is CC(C)(C#N)N(C(=O)c1cccc(F)n1)C1CC1. The largest absolute Gasteiger partial charge is 0.316 e. The maximum atomic E-state index is 13.0. The molecule has 1 aromatic heterocycles. The van der Waals surface area contributed by atoms with Crippen molar-refractivity contribution in [2.75, 3.05) is 0 Å². The minimum absolute atomic E-state index is 0.0465. The van der Waals surface area contributed by atoms with Gasteiger partial charge in [0.25, 0.3) is 5.91 Å². The summed E-state index contributed by atoms with van der Waals surface area (Å²) in [5.74, 6) is -1.07. The van der Waals surface area contributed by atoms with Gasteiger partial charge in [-0.3, -0.25) is 4.79 Å². The van der Waals surface area contributed by atoms with Crippen molar-refractivity contribution in [3.8, 4) is 6.07 Å². The first kappa shape index (κ1) is 12.5. The van der Waals surface area contributed by atoms with Crippen molar-refractivity contribution >= 4 is 5.91 Å². The number of amides is 1. The van der Waals surface area contributed by atoms with Gasteiger partial charge in [0.05, 0.1) is 6.07 Å². The zero-order valence-electron chi connectivity index (χ0n) is 10.4. The molecule has 0 atom stereocenters. The van der Waals surface area contributed by atoms with Crippen molar-refractivity contribution in [3.05, 3.63) is 29.8 Å². The zero-order chi connectivity index (χ0) is 13.3. The molecular weight excluding hydrogens is 233 g/mol. The minimum Gasteiger partial charge on any atom is -0.316 e. The summed E-state index contributed by atoms with van der Waals surface area (Å²) in [5, 5.41) is 9.15. The molecule has 1 saturated carbocycles. The Balaban J connectivity index is 2.33. The van der Waals surface area contributed by atoms with Gasteiger partial charge in [0, 0.05) is 6.04 Å². The number of nitriles is 1. The fourth-order valence-electron chi connectivity index (χ4n) is 1.91. The minimum atomic E-state index is -0.910. The molecule has 0 saturated heterocycles. The highest BCUT2D eigenvalue weighted by molar-refractivity contribution is 5.93. The van der Waals surface area contributed by atoms with Crippen LogP contribution in [0.1, 0.15) is 37.2 Å². The predicted octanol–water partition coefficient (Wildman–Crippen LogP) is 2.13. The lowest BCUT2D eigenvalue weighted by Crippen LogP contribution is -2.48. The summed E-state index contributed by atoms with van der Waals surface area (Å²) < 4.78 is 13.0. The van der Waals surface area contributed by atoms with E-state index in [-0.39, 0.29) is 17.6 Å². The number of carbonyl (C=O) groups excluding carboxylic acids is 1. The molecule has 94 valence electrons. The summed E-state index contributed by atoms with van der Waals surface area (Å²) in [5.41, 5.74) is -0.864. The molecule has 4 nitrogen and oxygen atoms in total. The van der Waals surface area contributed by atoms with Crippen LogP contribution in [0.4, 0.5) is 4.39 Å². The van der Waals surface area contributed by atoms with Crippen LogP contribution in [0.25, 0.3) is 0 Å². The molecule has 0 spiro atoms. The van der Waals surface area contributed by atoms with E-state index in [0.717, 1.165) is 12.8 Å². The number of hydrogen-bond donors (Lipinski definition) is 0. The Morgan fingerprint density at radius 2 is 2.22 bits per heavy atom. The highest BCUT2D eigenvalue weighted by Crippen LogP contribution is 2.33. The van der Waals surface area contributed by atoms with Gasteiger partial charge in [0.2, 0.25) is 5.95 Å². The molecule has 0 bridgehead atoms. The third kappa shape index (κ3) is 2.33. The van der Waals surface area contributed by atoms with Crippen LogP contribution in [-0.2, 0) is 0 Å². The highest BCUT2D eigenvalue weighted by atomic mass is 19.1. The van der Waals surface area contributed by atoms with Gasteiger partial charge in [-0.15, -0.1) is 0 Å². The normalized spacial score (nSPS) is 15.0. The van der Waals surface area contributed by atoms with Crippen molar-refractivity contribution in [2.45, 2.75) is 38.3 Å². The Bertz CT molecular complexity index is 517. The van der Waals surface area contributed by atoms with Crippen molar-refractivity contribution in [3.63, 3.8) is 0 Å². The molecule has 0 unspecified atom stereocenters. The van der Waals surface area contributed by atoms with Crippen LogP contribution in [0.5, 0.6) is 0 Å². The molecule has 1 amide bonds. The summed E-state index contributed by atoms with van der Waals surface area (Å²) >= 11 is 0. The van der Waals surface area contributed by atoms with Crippen LogP contribution in [0.15, 0.2) is 18.2 Å². The Kier molecular flexibility index (Phi) is 3.04. The Labute approximate surface area is 105 Å². The van der Waals surface area contributed by atoms with Crippen LogP contribution in [0, 0.1) is 17.3 Å². The topological polar surface area (TPSA) is 57.0 Å².